The number of hydrogen-bond acceptors (Lipinski definition) is 3. The van der Waals surface area contributed by atoms with Gasteiger partial charge in [-0.25, -0.2) is 4.98 Å². The van der Waals surface area contributed by atoms with Gasteiger partial charge in [-0.1, -0.05) is 188 Å². The van der Waals surface area contributed by atoms with E-state index in [-0.39, 0.29) is 0 Å². The summed E-state index contributed by atoms with van der Waals surface area (Å²) < 4.78 is 4.68. The molecule has 0 spiro atoms. The number of hydrogen-bond donors (Lipinski definition) is 0. The Morgan fingerprint density at radius 3 is 1.39 bits per heavy atom. The molecule has 12 rings (SSSR count). The summed E-state index contributed by atoms with van der Waals surface area (Å²) in [7, 11) is 0. The van der Waals surface area contributed by atoms with Crippen molar-refractivity contribution in [2.24, 2.45) is 0 Å². The van der Waals surface area contributed by atoms with E-state index in [4.69, 9.17) is 15.0 Å². The molecule has 290 valence electrons. The van der Waals surface area contributed by atoms with Gasteiger partial charge in [0, 0.05) is 38.2 Å². The highest BCUT2D eigenvalue weighted by atomic mass is 15.2. The first kappa shape index (κ1) is 35.5. The van der Waals surface area contributed by atoms with Gasteiger partial charge in [0.25, 0.3) is 0 Å². The Morgan fingerprint density at radius 2 is 0.742 bits per heavy atom. The van der Waals surface area contributed by atoms with Crippen LogP contribution >= 0.6 is 0 Å². The van der Waals surface area contributed by atoms with Gasteiger partial charge in [-0.3, -0.25) is 4.57 Å². The maximum atomic E-state index is 5.32. The summed E-state index contributed by atoms with van der Waals surface area (Å²) in [6.45, 7) is 0. The lowest BCUT2D eigenvalue weighted by Crippen LogP contribution is -2.06. The zero-order valence-electron chi connectivity index (χ0n) is 33.6. The number of aromatic nitrogens is 5. The minimum absolute atomic E-state index is 0.565. The summed E-state index contributed by atoms with van der Waals surface area (Å²) in [6, 6.07) is 79.3. The zero-order valence-corrected chi connectivity index (χ0v) is 33.6. The minimum Gasteiger partial charge on any atom is -0.309 e. The first-order chi connectivity index (χ1) is 30.8. The van der Waals surface area contributed by atoms with E-state index < -0.39 is 0 Å². The van der Waals surface area contributed by atoms with Crippen molar-refractivity contribution in [3.05, 3.63) is 224 Å². The van der Waals surface area contributed by atoms with E-state index in [1.165, 1.54) is 27.6 Å². The fourth-order valence-electron chi connectivity index (χ4n) is 9.18. The molecule has 9 aromatic carbocycles. The molecular formula is C57H37N5. The molecule has 0 N–H and O–H groups in total. The topological polar surface area (TPSA) is 48.5 Å². The minimum atomic E-state index is 0.565. The number of fused-ring (bicyclic) bond motifs is 6. The van der Waals surface area contributed by atoms with Crippen LogP contribution < -0.4 is 0 Å². The summed E-state index contributed by atoms with van der Waals surface area (Å²) >= 11 is 0. The van der Waals surface area contributed by atoms with E-state index in [2.05, 4.69) is 209 Å². The lowest BCUT2D eigenvalue weighted by Gasteiger charge is -2.18. The van der Waals surface area contributed by atoms with Crippen molar-refractivity contribution in [3.8, 4) is 67.8 Å². The van der Waals surface area contributed by atoms with Crippen LogP contribution in [0.15, 0.2) is 224 Å². The zero-order chi connectivity index (χ0) is 41.0. The third kappa shape index (κ3) is 5.90. The lowest BCUT2D eigenvalue weighted by atomic mass is 9.93. The summed E-state index contributed by atoms with van der Waals surface area (Å²) in [5.41, 5.74) is 14.2. The molecule has 0 saturated carbocycles. The van der Waals surface area contributed by atoms with Gasteiger partial charge in [0.05, 0.1) is 27.8 Å². The van der Waals surface area contributed by atoms with E-state index in [9.17, 15) is 0 Å². The Balaban J connectivity index is 1.14. The van der Waals surface area contributed by atoms with Crippen LogP contribution in [0.1, 0.15) is 0 Å². The summed E-state index contributed by atoms with van der Waals surface area (Å²) in [4.78, 5) is 15.7. The van der Waals surface area contributed by atoms with E-state index in [0.29, 0.717) is 17.6 Å². The quantitative estimate of drug-likeness (QED) is 0.162. The van der Waals surface area contributed by atoms with Gasteiger partial charge in [0.15, 0.2) is 11.6 Å². The molecule has 0 aliphatic heterocycles. The van der Waals surface area contributed by atoms with Gasteiger partial charge < -0.3 is 4.57 Å². The predicted octanol–water partition coefficient (Wildman–Crippen LogP) is 14.4. The molecular weight excluding hydrogens is 755 g/mol. The lowest BCUT2D eigenvalue weighted by molar-refractivity contribution is 0.954. The molecule has 3 aromatic heterocycles. The van der Waals surface area contributed by atoms with E-state index in [1.807, 2.05) is 24.3 Å². The van der Waals surface area contributed by atoms with Crippen LogP contribution in [0.5, 0.6) is 0 Å². The standard InChI is InChI=1S/C57H37N5/c1-5-19-38(20-6-1)42-27-17-28-43(35-42)56-58-55(41-25-11-4-12-26-41)59-57(60-56)62-50-33-16-14-30-46(50)48-36-52-47(37-53(48)62)45-29-13-15-32-49(45)61(52)51-34-18-31-44(39-21-7-2-8-22-39)54(51)40-23-9-3-10-24-40/h1-37H. The smallest absolute Gasteiger partial charge is 0.238 e. The highest BCUT2D eigenvalue weighted by molar-refractivity contribution is 6.19. The molecule has 0 amide bonds. The van der Waals surface area contributed by atoms with Crippen molar-refractivity contribution in [2.75, 3.05) is 0 Å². The van der Waals surface area contributed by atoms with Gasteiger partial charge in [0.1, 0.15) is 0 Å². The van der Waals surface area contributed by atoms with Crippen LogP contribution in [0.4, 0.5) is 0 Å². The summed E-state index contributed by atoms with van der Waals surface area (Å²) in [5, 5.41) is 4.56. The summed E-state index contributed by atoms with van der Waals surface area (Å²) in [6.07, 6.45) is 0. The fourth-order valence-corrected chi connectivity index (χ4v) is 9.18. The molecule has 0 aliphatic carbocycles. The molecule has 0 unspecified atom stereocenters. The Bertz CT molecular complexity index is 3610. The first-order valence-corrected chi connectivity index (χ1v) is 21.0. The van der Waals surface area contributed by atoms with Gasteiger partial charge in [-0.15, -0.1) is 0 Å². The molecule has 3 heterocycles. The van der Waals surface area contributed by atoms with Crippen LogP contribution in [-0.4, -0.2) is 24.1 Å². The Morgan fingerprint density at radius 1 is 0.274 bits per heavy atom. The molecule has 0 atom stereocenters. The SMILES string of the molecule is c1ccc(-c2cccc(-c3nc(-c4ccccc4)nc(-n4c5ccccc5c5cc6c(cc54)c4ccccc4n6-c4cccc(-c5ccccc5)c4-c4ccccc4)n3)c2)cc1. The van der Waals surface area contributed by atoms with Crippen molar-refractivity contribution in [3.63, 3.8) is 0 Å². The second-order valence-corrected chi connectivity index (χ2v) is 15.6. The van der Waals surface area contributed by atoms with Crippen molar-refractivity contribution in [1.29, 1.82) is 0 Å². The van der Waals surface area contributed by atoms with Gasteiger partial charge in [-0.05, 0) is 64.2 Å². The number of rotatable bonds is 7. The fraction of sp³-hybridized carbons (Fsp3) is 0. The molecule has 0 aliphatic rings. The third-order valence-electron chi connectivity index (χ3n) is 12.0. The van der Waals surface area contributed by atoms with Crippen LogP contribution in [0.2, 0.25) is 0 Å². The molecule has 5 nitrogen and oxygen atoms in total. The summed E-state index contributed by atoms with van der Waals surface area (Å²) in [5.74, 6) is 1.79. The van der Waals surface area contributed by atoms with Crippen LogP contribution in [-0.2, 0) is 0 Å². The molecule has 12 aromatic rings. The van der Waals surface area contributed by atoms with E-state index in [0.717, 1.165) is 66.2 Å². The predicted molar refractivity (Wildman–Crippen MR) is 256 cm³/mol. The Kier molecular flexibility index (Phi) is 8.42. The highest BCUT2D eigenvalue weighted by Crippen LogP contribution is 2.43. The van der Waals surface area contributed by atoms with Crippen LogP contribution in [0.25, 0.3) is 111 Å². The monoisotopic (exact) mass is 791 g/mol. The molecule has 0 saturated heterocycles. The number of benzene rings is 9. The van der Waals surface area contributed by atoms with Gasteiger partial charge >= 0.3 is 0 Å². The Labute approximate surface area is 358 Å². The molecule has 5 heteroatoms. The second kappa shape index (κ2) is 14.7. The van der Waals surface area contributed by atoms with Crippen molar-refractivity contribution >= 4 is 43.6 Å². The first-order valence-electron chi connectivity index (χ1n) is 21.0. The average molecular weight is 792 g/mol. The third-order valence-corrected chi connectivity index (χ3v) is 12.0. The maximum absolute atomic E-state index is 5.32. The second-order valence-electron chi connectivity index (χ2n) is 15.6. The molecule has 0 fully saturated rings. The van der Waals surface area contributed by atoms with Crippen LogP contribution in [0, 0.1) is 0 Å². The van der Waals surface area contributed by atoms with Crippen molar-refractivity contribution < 1.29 is 0 Å². The van der Waals surface area contributed by atoms with Gasteiger partial charge in [-0.2, -0.15) is 9.97 Å². The van der Waals surface area contributed by atoms with Crippen molar-refractivity contribution in [2.45, 2.75) is 0 Å². The average Bonchev–Trinajstić information content (AvgIpc) is 3.86. The molecule has 0 bridgehead atoms. The largest absolute Gasteiger partial charge is 0.309 e. The number of para-hydroxylation sites is 2. The van der Waals surface area contributed by atoms with E-state index >= 15 is 0 Å². The molecule has 62 heavy (non-hydrogen) atoms. The van der Waals surface area contributed by atoms with Crippen LogP contribution in [0.3, 0.4) is 0 Å². The maximum Gasteiger partial charge on any atom is 0.238 e. The normalized spacial score (nSPS) is 11.5. The van der Waals surface area contributed by atoms with E-state index in [1.54, 1.807) is 0 Å². The van der Waals surface area contributed by atoms with Crippen molar-refractivity contribution in [1.82, 2.24) is 24.1 Å². The Hall–Kier alpha value is -8.41. The number of nitrogens with zero attached hydrogens (tertiary/aromatic N) is 5. The van der Waals surface area contributed by atoms with Gasteiger partial charge in [0.2, 0.25) is 5.95 Å². The molecule has 0 radical (unpaired) electrons. The highest BCUT2D eigenvalue weighted by Gasteiger charge is 2.23.